The van der Waals surface area contributed by atoms with E-state index in [1.165, 1.54) is 14.0 Å². The van der Waals surface area contributed by atoms with Crippen LogP contribution in [-0.2, 0) is 52.5 Å². The van der Waals surface area contributed by atoms with E-state index < -0.39 is 127 Å². The van der Waals surface area contributed by atoms with Crippen LogP contribution >= 0.6 is 0 Å². The lowest BCUT2D eigenvalue weighted by Gasteiger charge is -2.42. The van der Waals surface area contributed by atoms with Crippen LogP contribution in [-0.4, -0.2) is 155 Å². The number of piperidine rings is 1. The fraction of sp³-hybridized carbons (Fsp3) is 0.750. The highest BCUT2D eigenvalue weighted by Crippen LogP contribution is 2.38. The molecule has 0 aromatic carbocycles. The Hall–Kier alpha value is -3.94. The summed E-state index contributed by atoms with van der Waals surface area (Å²) in [6.07, 6.45) is 10.6. The normalized spacial score (nSPS) is 37.4. The number of carbonyl (C=O) groups excluding carboxylic acids is 6. The average Bonchev–Trinajstić information content (AvgIpc) is 3.37. The number of ketones is 3. The number of ether oxygens (including phenoxy) is 5. The second-order valence-electron chi connectivity index (χ2n) is 22.0. The van der Waals surface area contributed by atoms with Crippen LogP contribution in [0.2, 0.25) is 0 Å². The first-order chi connectivity index (χ1) is 34.5. The van der Waals surface area contributed by atoms with Gasteiger partial charge in [-0.05, 0) is 114 Å². The largest absolute Gasteiger partial charge is 0.460 e. The van der Waals surface area contributed by atoms with Gasteiger partial charge in [-0.3, -0.25) is 24.0 Å². The molecule has 1 saturated carbocycles. The van der Waals surface area contributed by atoms with E-state index in [1.807, 2.05) is 51.2 Å². The number of fused-ring (bicyclic) bond motifs is 3. The molecular weight excluding hydrogens is 943 g/mol. The number of rotatable bonds is 10. The number of allylic oxidation sites excluding steroid dienone is 6. The number of hydrogen-bond donors (Lipinski definition) is 5. The molecule has 3 heterocycles. The first kappa shape index (κ1) is 61.6. The van der Waals surface area contributed by atoms with Gasteiger partial charge >= 0.3 is 11.9 Å². The van der Waals surface area contributed by atoms with Gasteiger partial charge in [0, 0.05) is 51.4 Å². The predicted octanol–water partition coefficient (Wildman–Crippen LogP) is 5.32. The molecule has 5 N–H and O–H groups in total. The van der Waals surface area contributed by atoms with Gasteiger partial charge < -0.3 is 54.1 Å². The number of amides is 1. The van der Waals surface area contributed by atoms with Crippen LogP contribution in [0.4, 0.5) is 0 Å². The number of methoxy groups -OCH3 is 2. The molecule has 17 nitrogen and oxygen atoms in total. The molecule has 17 heteroatoms. The van der Waals surface area contributed by atoms with Crippen molar-refractivity contribution >= 4 is 35.2 Å². The molecule has 3 aliphatic heterocycles. The number of cyclic esters (lactones) is 1. The van der Waals surface area contributed by atoms with Crippen LogP contribution in [0.25, 0.3) is 0 Å². The van der Waals surface area contributed by atoms with Crippen LogP contribution in [0, 0.1) is 46.8 Å². The molecule has 2 bridgehead atoms. The third-order valence-corrected chi connectivity index (χ3v) is 16.0. The zero-order valence-corrected chi connectivity index (χ0v) is 45.0. The number of aliphatic hydroxyl groups is 5. The first-order valence-electron chi connectivity index (χ1n) is 26.5. The van der Waals surface area contributed by atoms with Gasteiger partial charge in [-0.25, -0.2) is 4.79 Å². The Bertz CT molecular complexity index is 2010. The molecule has 15 atom stereocenters. The summed E-state index contributed by atoms with van der Waals surface area (Å²) in [5.41, 5.74) is -0.327. The first-order valence-corrected chi connectivity index (χ1v) is 26.5. The average molecular weight is 1030 g/mol. The van der Waals surface area contributed by atoms with E-state index in [2.05, 4.69) is 0 Å². The van der Waals surface area contributed by atoms with E-state index in [-0.39, 0.29) is 49.2 Å². The zero-order valence-electron chi connectivity index (χ0n) is 45.0. The molecule has 4 aliphatic rings. The van der Waals surface area contributed by atoms with Crippen LogP contribution in [0.3, 0.4) is 0 Å². The highest BCUT2D eigenvalue weighted by atomic mass is 16.6. The molecule has 0 unspecified atom stereocenters. The number of nitrogens with zero attached hydrogens (tertiary/aromatic N) is 1. The standard InChI is InChI=1S/C56H87NO16/c1-33-16-12-11-13-17-34(2)46(69-9)28-41-21-19-39(7)56(68,73-41)51(64)52(65)57-23-15-14-18-43(57)53(66)71-47(29-44(61)35(3)25-38(6)50(63)42(30-58)49(62)37(5)24-33)36(4)26-40-20-22-45(48(27-40)70-10)72-54(67)55(8,31-59)32-60/h11-13,16-17,25,33,35-37,39-43,45-48,50,58-60,63,68H,14-15,18-24,26-32H2,1-10H3/b13-11+,16-12+,34-17+,38-25+/t33-,35-,36-,37-,39-,40+,41+,42+,43+,45-,46+,47+,48-,50-,56-/m1/s1. The van der Waals surface area contributed by atoms with Crippen molar-refractivity contribution in [2.24, 2.45) is 46.8 Å². The SMILES string of the molecule is CO[C@H]1C[C@@H]2CC[C@@H](C)[C@@](O)(O2)C(=O)C(=O)N2CCCC[C@H]2C(=O)O[C@H]([C@H](C)C[C@@H]2CC[C@@H](OC(=O)C(C)(CO)CO)[C@H](OC)C2)CC(=O)[C@H](C)/C=C(\C)[C@@H](O)[C@@H](CO)C(=O)[C@H](C)C[C@H](C)/C=C/C=C/C=C/1C. The molecule has 73 heavy (non-hydrogen) atoms. The second-order valence-corrected chi connectivity index (χ2v) is 22.0. The number of Topliss-reactive ketones (excluding diaryl/α,β-unsaturated/α-hetero) is 3. The lowest BCUT2D eigenvalue weighted by molar-refractivity contribution is -0.265. The summed E-state index contributed by atoms with van der Waals surface area (Å²) >= 11 is 0. The van der Waals surface area contributed by atoms with Gasteiger partial charge in [0.2, 0.25) is 5.79 Å². The topological polar surface area (TPSA) is 253 Å². The van der Waals surface area contributed by atoms with Crippen molar-refractivity contribution in [3.05, 3.63) is 47.6 Å². The molecule has 4 rings (SSSR count). The summed E-state index contributed by atoms with van der Waals surface area (Å²) in [4.78, 5) is 85.3. The van der Waals surface area contributed by atoms with Crippen LogP contribution < -0.4 is 0 Å². The summed E-state index contributed by atoms with van der Waals surface area (Å²) in [5, 5.41) is 53.4. The molecule has 1 aliphatic carbocycles. The van der Waals surface area contributed by atoms with Crippen molar-refractivity contribution in [1.29, 1.82) is 0 Å². The number of hydrogen-bond acceptors (Lipinski definition) is 16. The van der Waals surface area contributed by atoms with Crippen molar-refractivity contribution in [3.8, 4) is 0 Å². The van der Waals surface area contributed by atoms with E-state index in [4.69, 9.17) is 23.7 Å². The van der Waals surface area contributed by atoms with E-state index in [0.29, 0.717) is 63.4 Å². The predicted molar refractivity (Wildman–Crippen MR) is 271 cm³/mol. The lowest BCUT2D eigenvalue weighted by atomic mass is 9.78. The minimum Gasteiger partial charge on any atom is -0.460 e. The maximum atomic E-state index is 14.5. The smallest absolute Gasteiger partial charge is 0.329 e. The third kappa shape index (κ3) is 16.0. The molecule has 0 aromatic rings. The summed E-state index contributed by atoms with van der Waals surface area (Å²) in [6.45, 7) is 12.0. The Kier molecular flexibility index (Phi) is 23.9. The summed E-state index contributed by atoms with van der Waals surface area (Å²) in [5.74, 6) is -10.7. The Morgan fingerprint density at radius 1 is 0.877 bits per heavy atom. The number of aliphatic hydroxyl groups excluding tert-OH is 4. The Labute approximate surface area is 432 Å². The van der Waals surface area contributed by atoms with Gasteiger partial charge in [0.15, 0.2) is 0 Å². The van der Waals surface area contributed by atoms with Crippen molar-refractivity contribution in [1.82, 2.24) is 4.90 Å². The van der Waals surface area contributed by atoms with E-state index in [1.54, 1.807) is 40.9 Å². The van der Waals surface area contributed by atoms with Gasteiger partial charge in [-0.1, -0.05) is 71.1 Å². The highest BCUT2D eigenvalue weighted by molar-refractivity contribution is 6.39. The van der Waals surface area contributed by atoms with Gasteiger partial charge in [-0.15, -0.1) is 0 Å². The molecule has 2 saturated heterocycles. The second kappa shape index (κ2) is 28.3. The molecule has 0 aromatic heterocycles. The molecule has 1 amide bonds. The van der Waals surface area contributed by atoms with Crippen molar-refractivity contribution in [2.75, 3.05) is 40.6 Å². The van der Waals surface area contributed by atoms with Crippen LogP contribution in [0.5, 0.6) is 0 Å². The maximum Gasteiger partial charge on any atom is 0.329 e. The Balaban J connectivity index is 1.69. The van der Waals surface area contributed by atoms with Crippen LogP contribution in [0.15, 0.2) is 47.6 Å². The van der Waals surface area contributed by atoms with E-state index in [0.717, 1.165) is 10.5 Å². The zero-order chi connectivity index (χ0) is 54.4. The molecule has 0 spiro atoms. The highest BCUT2D eigenvalue weighted by Gasteiger charge is 2.53. The molecule has 3 fully saturated rings. The van der Waals surface area contributed by atoms with Gasteiger partial charge in [-0.2, -0.15) is 0 Å². The summed E-state index contributed by atoms with van der Waals surface area (Å²) < 4.78 is 29.8. The van der Waals surface area contributed by atoms with E-state index >= 15 is 0 Å². The molecule has 412 valence electrons. The minimum atomic E-state index is -2.47. The molecule has 0 radical (unpaired) electrons. The summed E-state index contributed by atoms with van der Waals surface area (Å²) in [6, 6.07) is -1.21. The van der Waals surface area contributed by atoms with E-state index in [9.17, 15) is 54.3 Å². The fourth-order valence-corrected chi connectivity index (χ4v) is 10.8. The number of esters is 2. The lowest BCUT2D eigenvalue weighted by Crippen LogP contribution is -2.61. The van der Waals surface area contributed by atoms with Gasteiger partial charge in [0.05, 0.1) is 50.2 Å². The summed E-state index contributed by atoms with van der Waals surface area (Å²) in [7, 11) is 3.06. The van der Waals surface area contributed by atoms with Gasteiger partial charge in [0.25, 0.3) is 11.7 Å². The Morgan fingerprint density at radius 2 is 1.58 bits per heavy atom. The quantitative estimate of drug-likeness (QED) is 0.106. The van der Waals surface area contributed by atoms with Gasteiger partial charge in [0.1, 0.15) is 35.2 Å². The minimum absolute atomic E-state index is 0.0330. The maximum absolute atomic E-state index is 14.5. The van der Waals surface area contributed by atoms with Crippen LogP contribution in [0.1, 0.15) is 132 Å². The van der Waals surface area contributed by atoms with Crippen molar-refractivity contribution < 1.29 is 78.0 Å². The fourth-order valence-electron chi connectivity index (χ4n) is 10.8. The Morgan fingerprint density at radius 3 is 2.22 bits per heavy atom. The van der Waals surface area contributed by atoms with Crippen molar-refractivity contribution in [2.45, 2.75) is 181 Å². The molecular formula is C56H87NO16. The monoisotopic (exact) mass is 1030 g/mol. The third-order valence-electron chi connectivity index (χ3n) is 16.0. The van der Waals surface area contributed by atoms with Crippen molar-refractivity contribution in [3.63, 3.8) is 0 Å². The number of carbonyl (C=O) groups is 6.